The van der Waals surface area contributed by atoms with Crippen LogP contribution in [0, 0.1) is 6.07 Å². The van der Waals surface area contributed by atoms with Crippen LogP contribution in [0.2, 0.25) is 0 Å². The van der Waals surface area contributed by atoms with Crippen molar-refractivity contribution >= 4 is 11.1 Å². The summed E-state index contributed by atoms with van der Waals surface area (Å²) in [5, 5.41) is 10.8. The third-order valence-electron chi connectivity index (χ3n) is 6.72. The van der Waals surface area contributed by atoms with Crippen LogP contribution in [0.4, 0.5) is 0 Å². The number of hydrogen-bond acceptors (Lipinski definition) is 4. The first kappa shape index (κ1) is 26.6. The van der Waals surface area contributed by atoms with Gasteiger partial charge in [-0.25, -0.2) is 4.98 Å². The fourth-order valence-corrected chi connectivity index (χ4v) is 4.60. The number of nitrogens with zero attached hydrogens (tertiary/aromatic N) is 2. The molecule has 0 fully saturated rings. The van der Waals surface area contributed by atoms with Crippen LogP contribution in [0.5, 0.6) is 5.75 Å². The number of benzene rings is 4. The average molecular weight is 691 g/mol. The molecule has 0 aliphatic rings. The van der Waals surface area contributed by atoms with Crippen molar-refractivity contribution in [3.63, 3.8) is 0 Å². The van der Waals surface area contributed by atoms with Crippen LogP contribution < -0.4 is 0 Å². The van der Waals surface area contributed by atoms with Gasteiger partial charge in [-0.3, -0.25) is 4.98 Å². The monoisotopic (exact) mass is 690 g/mol. The Bertz CT molecular complexity index is 1750. The third-order valence-corrected chi connectivity index (χ3v) is 6.72. The van der Waals surface area contributed by atoms with Gasteiger partial charge in [0.25, 0.3) is 0 Å². The zero-order chi connectivity index (χ0) is 26.3. The second-order valence-electron chi connectivity index (χ2n) is 10.4. The van der Waals surface area contributed by atoms with Gasteiger partial charge in [-0.05, 0) is 46.4 Å². The van der Waals surface area contributed by atoms with Gasteiger partial charge in [0, 0.05) is 33.0 Å². The summed E-state index contributed by atoms with van der Waals surface area (Å²) in [5.74, 6) is 0.501. The van der Waals surface area contributed by atoms with Gasteiger partial charge in [0.15, 0.2) is 0 Å². The van der Waals surface area contributed by atoms with E-state index in [9.17, 15) is 5.11 Å². The van der Waals surface area contributed by atoms with E-state index in [1.165, 1.54) is 0 Å². The molecule has 196 valence electrons. The van der Waals surface area contributed by atoms with E-state index in [0.717, 1.165) is 44.6 Å². The number of aromatic hydroxyl groups is 1. The molecule has 0 saturated carbocycles. The van der Waals surface area contributed by atoms with Crippen molar-refractivity contribution < 1.29 is 30.6 Å². The molecule has 0 aliphatic heterocycles. The predicted molar refractivity (Wildman–Crippen MR) is 153 cm³/mol. The van der Waals surface area contributed by atoms with Crippen LogP contribution in [0.15, 0.2) is 108 Å². The molecule has 6 rings (SSSR count). The molecule has 4 nitrogen and oxygen atoms in total. The van der Waals surface area contributed by atoms with E-state index in [-0.39, 0.29) is 32.2 Å². The van der Waals surface area contributed by atoms with Crippen LogP contribution in [0.25, 0.3) is 56.1 Å². The summed E-state index contributed by atoms with van der Waals surface area (Å²) in [6, 6.07) is 35.3. The van der Waals surface area contributed by atoms with E-state index in [1.54, 1.807) is 12.3 Å². The maximum atomic E-state index is 10.8. The summed E-state index contributed by atoms with van der Waals surface area (Å²) < 4.78 is 6.34. The van der Waals surface area contributed by atoms with E-state index in [2.05, 4.69) is 44.0 Å². The predicted octanol–water partition coefficient (Wildman–Crippen LogP) is 8.69. The molecule has 39 heavy (non-hydrogen) atoms. The normalized spacial score (nSPS) is 11.4. The van der Waals surface area contributed by atoms with E-state index >= 15 is 0 Å². The SMILES string of the molecule is CC(C)(C)c1cc(-c2[c-]c(-c3ccccn3)ccc2)c2nc(-c3cc(-c4ccccc4)ccc3O)oc2c1.[Pt]. The molecule has 1 N–H and O–H groups in total. The van der Waals surface area contributed by atoms with Crippen molar-refractivity contribution in [2.75, 3.05) is 0 Å². The number of pyridine rings is 1. The maximum Gasteiger partial charge on any atom is 0.230 e. The number of aromatic nitrogens is 2. The Balaban J connectivity index is 0.00000308. The summed E-state index contributed by atoms with van der Waals surface area (Å²) in [6.45, 7) is 6.54. The summed E-state index contributed by atoms with van der Waals surface area (Å²) in [4.78, 5) is 9.41. The number of fused-ring (bicyclic) bond motifs is 1. The smallest absolute Gasteiger partial charge is 0.230 e. The van der Waals surface area contributed by atoms with Crippen LogP contribution in [-0.4, -0.2) is 15.1 Å². The minimum Gasteiger partial charge on any atom is -0.507 e. The number of hydrogen-bond donors (Lipinski definition) is 1. The minimum atomic E-state index is -0.107. The first-order chi connectivity index (χ1) is 18.4. The summed E-state index contributed by atoms with van der Waals surface area (Å²) in [7, 11) is 0. The van der Waals surface area contributed by atoms with Crippen molar-refractivity contribution in [3.05, 3.63) is 115 Å². The molecular formula is C34H27N2O2Pt-. The molecule has 2 aromatic heterocycles. The van der Waals surface area contributed by atoms with E-state index in [0.29, 0.717) is 17.0 Å². The second-order valence-corrected chi connectivity index (χ2v) is 10.4. The molecule has 0 spiro atoms. The Morgan fingerprint density at radius 2 is 1.51 bits per heavy atom. The number of phenolic OH excluding ortho intramolecular Hbond substituents is 1. The molecule has 0 aliphatic carbocycles. The molecule has 0 bridgehead atoms. The summed E-state index contributed by atoms with van der Waals surface area (Å²) >= 11 is 0. The second kappa shape index (κ2) is 10.6. The molecule has 6 aromatic rings. The summed E-state index contributed by atoms with van der Waals surface area (Å²) in [6.07, 6.45) is 1.79. The fourth-order valence-electron chi connectivity index (χ4n) is 4.60. The van der Waals surface area contributed by atoms with Crippen molar-refractivity contribution in [3.8, 4) is 50.7 Å². The topological polar surface area (TPSA) is 59.2 Å². The van der Waals surface area contributed by atoms with E-state index in [4.69, 9.17) is 9.40 Å². The fraction of sp³-hybridized carbons (Fsp3) is 0.118. The maximum absolute atomic E-state index is 10.8. The Morgan fingerprint density at radius 1 is 0.744 bits per heavy atom. The zero-order valence-corrected chi connectivity index (χ0v) is 24.2. The van der Waals surface area contributed by atoms with Crippen LogP contribution >= 0.6 is 0 Å². The Kier molecular flexibility index (Phi) is 7.25. The number of rotatable bonds is 4. The molecule has 5 heteroatoms. The van der Waals surface area contributed by atoms with E-state index in [1.807, 2.05) is 78.9 Å². The Morgan fingerprint density at radius 3 is 2.26 bits per heavy atom. The Hall–Kier alpha value is -4.01. The average Bonchev–Trinajstić information content (AvgIpc) is 3.37. The first-order valence-corrected chi connectivity index (χ1v) is 12.6. The molecule has 0 amide bonds. The standard InChI is InChI=1S/C34H27N2O2.Pt/c1-34(2,3)26-20-27(24-12-9-13-25(18-24)29-14-7-8-17-35-29)32-31(21-26)38-33(36-32)28-19-23(15-16-30(28)37)22-10-5-4-6-11-22;/h4-17,19-21,37H,1-3H3;/q-1;. The molecule has 0 saturated heterocycles. The first-order valence-electron chi connectivity index (χ1n) is 12.6. The van der Waals surface area contributed by atoms with Crippen LogP contribution in [0.1, 0.15) is 26.3 Å². The third kappa shape index (κ3) is 5.30. The Labute approximate surface area is 242 Å². The minimum absolute atomic E-state index is 0. The largest absolute Gasteiger partial charge is 0.507 e. The van der Waals surface area contributed by atoms with Gasteiger partial charge < -0.3 is 9.52 Å². The zero-order valence-electron chi connectivity index (χ0n) is 21.9. The summed E-state index contributed by atoms with van der Waals surface area (Å²) in [5.41, 5.74) is 8.62. The number of phenols is 1. The van der Waals surface area contributed by atoms with Gasteiger partial charge in [-0.15, -0.1) is 29.8 Å². The van der Waals surface area contributed by atoms with E-state index < -0.39 is 0 Å². The quantitative estimate of drug-likeness (QED) is 0.188. The van der Waals surface area contributed by atoms with Gasteiger partial charge in [0.1, 0.15) is 11.3 Å². The van der Waals surface area contributed by atoms with Gasteiger partial charge in [0.05, 0.1) is 11.1 Å². The van der Waals surface area contributed by atoms with Gasteiger partial charge >= 0.3 is 0 Å². The molecule has 0 unspecified atom stereocenters. The van der Waals surface area contributed by atoms with Crippen LogP contribution in [0.3, 0.4) is 0 Å². The molecular weight excluding hydrogens is 663 g/mol. The van der Waals surface area contributed by atoms with Crippen molar-refractivity contribution in [2.24, 2.45) is 0 Å². The van der Waals surface area contributed by atoms with Crippen molar-refractivity contribution in [1.82, 2.24) is 9.97 Å². The molecule has 2 heterocycles. The van der Waals surface area contributed by atoms with Gasteiger partial charge in [-0.2, -0.15) is 0 Å². The molecule has 0 atom stereocenters. The van der Waals surface area contributed by atoms with Crippen LogP contribution in [-0.2, 0) is 26.5 Å². The van der Waals surface area contributed by atoms with Gasteiger partial charge in [-0.1, -0.05) is 86.5 Å². The van der Waals surface area contributed by atoms with Crippen molar-refractivity contribution in [1.29, 1.82) is 0 Å². The molecule has 4 aromatic carbocycles. The van der Waals surface area contributed by atoms with Crippen molar-refractivity contribution in [2.45, 2.75) is 26.2 Å². The van der Waals surface area contributed by atoms with Gasteiger partial charge in [0.2, 0.25) is 5.89 Å². The number of oxazole rings is 1. The molecule has 0 radical (unpaired) electrons.